The van der Waals surface area contributed by atoms with E-state index in [9.17, 15) is 36.3 Å². The standard InChI is InChI=1S/C29H32F5N5O5/c1-43-16-22-24(26(40)44-2)25(17-7-8-20(30)21(31)15-17)39(28(42)37-22)27(41)36-12-11-35-18-9-13-38(14-10-18)23-6-4-3-5-19(23)29(32,33)34/h3-8,15,18,24-25,35H,9-14,16H2,1-2H3,(H,36,41). The average Bonchev–Trinajstić information content (AvgIpc) is 3.00. The molecule has 2 heterocycles. The number of alkyl halides is 3. The van der Waals surface area contributed by atoms with Crippen LogP contribution < -0.4 is 15.5 Å². The minimum atomic E-state index is -4.46. The molecule has 2 aromatic rings. The van der Waals surface area contributed by atoms with E-state index in [0.717, 1.165) is 31.4 Å². The van der Waals surface area contributed by atoms with Crippen LogP contribution >= 0.6 is 0 Å². The molecule has 2 unspecified atom stereocenters. The normalized spacial score (nSPS) is 19.5. The molecular formula is C29H32F5N5O5. The first-order valence-electron chi connectivity index (χ1n) is 13.8. The highest BCUT2D eigenvalue weighted by Crippen LogP contribution is 2.38. The molecule has 44 heavy (non-hydrogen) atoms. The minimum Gasteiger partial charge on any atom is -0.468 e. The highest BCUT2D eigenvalue weighted by Gasteiger charge is 2.47. The number of amides is 4. The van der Waals surface area contributed by atoms with Crippen molar-refractivity contribution < 1.29 is 45.8 Å². The Labute approximate surface area is 250 Å². The molecule has 2 aliphatic heterocycles. The molecular weight excluding hydrogens is 593 g/mol. The van der Waals surface area contributed by atoms with Gasteiger partial charge in [-0.15, -0.1) is 0 Å². The molecule has 1 saturated heterocycles. The number of esters is 1. The first kappa shape index (κ1) is 32.8. The van der Waals surface area contributed by atoms with Crippen molar-refractivity contribution in [2.75, 3.05) is 51.9 Å². The van der Waals surface area contributed by atoms with Crippen LogP contribution in [0.25, 0.3) is 0 Å². The van der Waals surface area contributed by atoms with Crippen molar-refractivity contribution in [1.82, 2.24) is 15.5 Å². The van der Waals surface area contributed by atoms with Crippen LogP contribution in [0.1, 0.15) is 30.0 Å². The fourth-order valence-electron chi connectivity index (χ4n) is 5.45. The van der Waals surface area contributed by atoms with Crippen molar-refractivity contribution in [3.05, 3.63) is 65.2 Å². The van der Waals surface area contributed by atoms with Gasteiger partial charge in [-0.1, -0.05) is 18.2 Å². The number of benzene rings is 2. The maximum Gasteiger partial charge on any atom is 0.418 e. The highest BCUT2D eigenvalue weighted by molar-refractivity contribution is 6.12. The van der Waals surface area contributed by atoms with Crippen LogP contribution in [0.2, 0.25) is 0 Å². The third kappa shape index (κ3) is 7.33. The van der Waals surface area contributed by atoms with Crippen LogP contribution in [0.15, 0.2) is 47.5 Å². The molecule has 0 bridgehead atoms. The molecule has 2 aromatic carbocycles. The second kappa shape index (κ2) is 14.1. The van der Waals surface area contributed by atoms with Gasteiger partial charge in [-0.2, -0.15) is 18.2 Å². The number of carbonyl (C=O) groups excluding carboxylic acids is 3. The number of rotatable bonds is 9. The molecule has 4 rings (SSSR count). The van der Waals surface area contributed by atoms with Crippen molar-refractivity contribution in [3.8, 4) is 0 Å². The Balaban J connectivity index is 1.40. The lowest BCUT2D eigenvalue weighted by Crippen LogP contribution is -2.54. The van der Waals surface area contributed by atoms with Gasteiger partial charge in [0.1, 0.15) is 5.92 Å². The van der Waals surface area contributed by atoms with Gasteiger partial charge in [0.25, 0.3) is 0 Å². The van der Waals surface area contributed by atoms with Crippen molar-refractivity contribution in [1.29, 1.82) is 0 Å². The number of para-hydroxylation sites is 1. The summed E-state index contributed by atoms with van der Waals surface area (Å²) in [4.78, 5) is 45.3. The zero-order chi connectivity index (χ0) is 32.0. The molecule has 0 saturated carbocycles. The number of urea groups is 2. The SMILES string of the molecule is COCC1=NC(=O)N(C(=O)NCCNC2CCN(c3ccccc3C(F)(F)F)CC2)C(c2ccc(F)c(F)c2)C1C(=O)OC. The number of nitrogens with zero attached hydrogens (tertiary/aromatic N) is 3. The van der Waals surface area contributed by atoms with Gasteiger partial charge in [0, 0.05) is 45.0 Å². The summed E-state index contributed by atoms with van der Waals surface area (Å²) in [6.45, 7) is 0.817. The van der Waals surface area contributed by atoms with Gasteiger partial charge >= 0.3 is 24.2 Å². The molecule has 15 heteroatoms. The van der Waals surface area contributed by atoms with E-state index in [4.69, 9.17) is 9.47 Å². The van der Waals surface area contributed by atoms with Crippen LogP contribution in [0.3, 0.4) is 0 Å². The van der Waals surface area contributed by atoms with Gasteiger partial charge in [0.2, 0.25) is 0 Å². The van der Waals surface area contributed by atoms with E-state index in [0.29, 0.717) is 30.8 Å². The monoisotopic (exact) mass is 625 g/mol. The fraction of sp³-hybridized carbons (Fsp3) is 0.448. The highest BCUT2D eigenvalue weighted by atomic mass is 19.4. The van der Waals surface area contributed by atoms with Gasteiger partial charge in [0.15, 0.2) is 11.6 Å². The molecule has 0 radical (unpaired) electrons. The third-order valence-corrected chi connectivity index (χ3v) is 7.53. The predicted molar refractivity (Wildman–Crippen MR) is 149 cm³/mol. The Hall–Kier alpha value is -4.11. The van der Waals surface area contributed by atoms with E-state index in [2.05, 4.69) is 15.6 Å². The van der Waals surface area contributed by atoms with E-state index in [1.165, 1.54) is 19.2 Å². The lowest BCUT2D eigenvalue weighted by Gasteiger charge is -2.37. The Morgan fingerprint density at radius 1 is 1.02 bits per heavy atom. The molecule has 10 nitrogen and oxygen atoms in total. The summed E-state index contributed by atoms with van der Waals surface area (Å²) in [5, 5.41) is 5.83. The largest absolute Gasteiger partial charge is 0.468 e. The first-order chi connectivity index (χ1) is 21.0. The summed E-state index contributed by atoms with van der Waals surface area (Å²) in [6, 6.07) is 4.79. The number of hydrogen-bond acceptors (Lipinski definition) is 7. The minimum absolute atomic E-state index is 0.0295. The number of ether oxygens (including phenoxy) is 2. The molecule has 1 fully saturated rings. The van der Waals surface area contributed by atoms with Gasteiger partial charge < -0.3 is 25.0 Å². The maximum absolute atomic E-state index is 14.2. The average molecular weight is 626 g/mol. The lowest BCUT2D eigenvalue weighted by atomic mass is 9.86. The number of aliphatic imine (C=N–C) groups is 1. The second-order valence-corrected chi connectivity index (χ2v) is 10.3. The zero-order valence-corrected chi connectivity index (χ0v) is 24.0. The van der Waals surface area contributed by atoms with Gasteiger partial charge in [0.05, 0.1) is 31.0 Å². The van der Waals surface area contributed by atoms with Gasteiger partial charge in [-0.25, -0.2) is 23.3 Å². The van der Waals surface area contributed by atoms with Crippen LogP contribution in [0.4, 0.5) is 37.2 Å². The summed E-state index contributed by atoms with van der Waals surface area (Å²) in [7, 11) is 2.41. The lowest BCUT2D eigenvalue weighted by molar-refractivity contribution is -0.144. The van der Waals surface area contributed by atoms with Crippen molar-refractivity contribution in [3.63, 3.8) is 0 Å². The molecule has 2 atom stereocenters. The number of methoxy groups -OCH3 is 2. The van der Waals surface area contributed by atoms with Crippen LogP contribution in [0.5, 0.6) is 0 Å². The fourth-order valence-corrected chi connectivity index (χ4v) is 5.45. The molecule has 0 spiro atoms. The number of nitrogens with one attached hydrogen (secondary N) is 2. The first-order valence-corrected chi connectivity index (χ1v) is 13.8. The third-order valence-electron chi connectivity index (χ3n) is 7.53. The van der Waals surface area contributed by atoms with Crippen molar-refractivity contribution in [2.24, 2.45) is 10.9 Å². The Morgan fingerprint density at radius 2 is 1.73 bits per heavy atom. The number of imide groups is 1. The molecule has 2 aliphatic rings. The summed E-state index contributed by atoms with van der Waals surface area (Å²) in [6.07, 6.45) is -3.35. The van der Waals surface area contributed by atoms with Crippen molar-refractivity contribution >= 4 is 29.4 Å². The van der Waals surface area contributed by atoms with Crippen LogP contribution in [-0.4, -0.2) is 81.7 Å². The number of piperidine rings is 1. The number of hydrogen-bond donors (Lipinski definition) is 2. The van der Waals surface area contributed by atoms with Crippen LogP contribution in [0, 0.1) is 17.6 Å². The number of anilines is 1. The molecule has 0 aliphatic carbocycles. The Kier molecular flexibility index (Phi) is 10.5. The Bertz CT molecular complexity index is 1400. The summed E-state index contributed by atoms with van der Waals surface area (Å²) < 4.78 is 78.2. The van der Waals surface area contributed by atoms with E-state index in [1.54, 1.807) is 11.0 Å². The molecule has 2 N–H and O–H groups in total. The molecule has 0 aromatic heterocycles. The smallest absolute Gasteiger partial charge is 0.418 e. The predicted octanol–water partition coefficient (Wildman–Crippen LogP) is 4.31. The van der Waals surface area contributed by atoms with Gasteiger partial charge in [-0.3, -0.25) is 4.79 Å². The van der Waals surface area contributed by atoms with Gasteiger partial charge in [-0.05, 0) is 42.7 Å². The van der Waals surface area contributed by atoms with Crippen LogP contribution in [-0.2, 0) is 20.4 Å². The Morgan fingerprint density at radius 3 is 2.36 bits per heavy atom. The number of carbonyl (C=O) groups is 3. The van der Waals surface area contributed by atoms with Crippen molar-refractivity contribution in [2.45, 2.75) is 31.1 Å². The maximum atomic E-state index is 14.2. The van der Waals surface area contributed by atoms with E-state index < -0.39 is 53.4 Å². The molecule has 4 amide bonds. The number of halogens is 5. The van der Waals surface area contributed by atoms with E-state index in [-0.39, 0.29) is 42.7 Å². The zero-order valence-electron chi connectivity index (χ0n) is 24.0. The molecule has 238 valence electrons. The van der Waals surface area contributed by atoms with E-state index in [1.807, 2.05) is 0 Å². The summed E-state index contributed by atoms with van der Waals surface area (Å²) >= 11 is 0. The summed E-state index contributed by atoms with van der Waals surface area (Å²) in [5.74, 6) is -4.62. The quantitative estimate of drug-likeness (QED) is 0.243. The topological polar surface area (TPSA) is 113 Å². The van der Waals surface area contributed by atoms with E-state index >= 15 is 0 Å². The second-order valence-electron chi connectivity index (χ2n) is 10.3. The summed E-state index contributed by atoms with van der Waals surface area (Å²) in [5.41, 5.74) is -0.637.